The fourth-order valence-electron chi connectivity index (χ4n) is 2.17. The van der Waals surface area contributed by atoms with Gasteiger partial charge in [-0.25, -0.2) is 0 Å². The van der Waals surface area contributed by atoms with E-state index in [0.717, 1.165) is 25.0 Å². The lowest BCUT2D eigenvalue weighted by Gasteiger charge is -2.27. The van der Waals surface area contributed by atoms with Crippen LogP contribution >= 0.6 is 0 Å². The first-order valence-corrected chi connectivity index (χ1v) is 6.16. The van der Waals surface area contributed by atoms with E-state index in [1.165, 1.54) is 0 Å². The fraction of sp³-hybridized carbons (Fsp3) is 0.769. The molecule has 0 aliphatic heterocycles. The SMILES string of the molecule is CN(CC(=O)N(C)C1=CCCC1)CC(C)(C)O. The van der Waals surface area contributed by atoms with Crippen LogP contribution in [0.1, 0.15) is 33.1 Å². The molecule has 1 rings (SSSR count). The van der Waals surface area contributed by atoms with E-state index >= 15 is 0 Å². The third kappa shape index (κ3) is 4.88. The fourth-order valence-corrected chi connectivity index (χ4v) is 2.17. The molecule has 0 atom stereocenters. The summed E-state index contributed by atoms with van der Waals surface area (Å²) < 4.78 is 0. The smallest absolute Gasteiger partial charge is 0.240 e. The van der Waals surface area contributed by atoms with Crippen LogP contribution in [0.2, 0.25) is 0 Å². The number of rotatable bonds is 5. The van der Waals surface area contributed by atoms with E-state index in [-0.39, 0.29) is 5.91 Å². The lowest BCUT2D eigenvalue weighted by Crippen LogP contribution is -2.42. The minimum atomic E-state index is -0.764. The Morgan fingerprint density at radius 1 is 1.47 bits per heavy atom. The molecule has 4 nitrogen and oxygen atoms in total. The summed E-state index contributed by atoms with van der Waals surface area (Å²) in [6.45, 7) is 4.33. The Labute approximate surface area is 104 Å². The van der Waals surface area contributed by atoms with E-state index in [9.17, 15) is 9.90 Å². The van der Waals surface area contributed by atoms with Gasteiger partial charge in [0.1, 0.15) is 0 Å². The molecule has 0 fully saturated rings. The second-order valence-electron chi connectivity index (χ2n) is 5.53. The van der Waals surface area contributed by atoms with Gasteiger partial charge in [0.2, 0.25) is 5.91 Å². The number of allylic oxidation sites excluding steroid dienone is 2. The monoisotopic (exact) mass is 240 g/mol. The maximum Gasteiger partial charge on any atom is 0.240 e. The zero-order valence-electron chi connectivity index (χ0n) is 11.4. The largest absolute Gasteiger partial charge is 0.389 e. The number of carbonyl (C=O) groups is 1. The Morgan fingerprint density at radius 2 is 2.12 bits per heavy atom. The van der Waals surface area contributed by atoms with E-state index < -0.39 is 5.60 Å². The van der Waals surface area contributed by atoms with Gasteiger partial charge in [0.05, 0.1) is 12.1 Å². The molecule has 0 aromatic heterocycles. The van der Waals surface area contributed by atoms with Crippen molar-refractivity contribution >= 4 is 5.91 Å². The molecule has 0 heterocycles. The Hall–Kier alpha value is -0.870. The molecule has 0 radical (unpaired) electrons. The molecule has 0 spiro atoms. The summed E-state index contributed by atoms with van der Waals surface area (Å²) >= 11 is 0. The van der Waals surface area contributed by atoms with Crippen LogP contribution in [0.5, 0.6) is 0 Å². The van der Waals surface area contributed by atoms with Gasteiger partial charge in [-0.1, -0.05) is 6.08 Å². The highest BCUT2D eigenvalue weighted by Gasteiger charge is 2.20. The quantitative estimate of drug-likeness (QED) is 0.785. The van der Waals surface area contributed by atoms with Crippen molar-refractivity contribution in [3.05, 3.63) is 11.8 Å². The van der Waals surface area contributed by atoms with Gasteiger partial charge in [-0.15, -0.1) is 0 Å². The lowest BCUT2D eigenvalue weighted by molar-refractivity contribution is -0.129. The van der Waals surface area contributed by atoms with Gasteiger partial charge in [0.15, 0.2) is 0 Å². The highest BCUT2D eigenvalue weighted by atomic mass is 16.3. The number of carbonyl (C=O) groups excluding carboxylic acids is 1. The molecule has 0 aromatic rings. The first-order chi connectivity index (χ1) is 7.79. The number of likely N-dealkylation sites (N-methyl/N-ethyl adjacent to an activating group) is 2. The van der Waals surface area contributed by atoms with Crippen molar-refractivity contribution < 1.29 is 9.90 Å². The molecule has 1 aliphatic carbocycles. The van der Waals surface area contributed by atoms with Crippen LogP contribution in [0.4, 0.5) is 0 Å². The van der Waals surface area contributed by atoms with Gasteiger partial charge in [-0.05, 0) is 40.2 Å². The zero-order chi connectivity index (χ0) is 13.1. The number of hydrogen-bond donors (Lipinski definition) is 1. The van der Waals surface area contributed by atoms with Gasteiger partial charge < -0.3 is 10.0 Å². The van der Waals surface area contributed by atoms with Crippen LogP contribution in [-0.4, -0.2) is 53.6 Å². The third-order valence-electron chi connectivity index (χ3n) is 2.88. The van der Waals surface area contributed by atoms with Crippen molar-refractivity contribution in [2.75, 3.05) is 27.2 Å². The highest BCUT2D eigenvalue weighted by molar-refractivity contribution is 5.79. The molecule has 0 saturated heterocycles. The van der Waals surface area contributed by atoms with Crippen molar-refractivity contribution in [2.24, 2.45) is 0 Å². The van der Waals surface area contributed by atoms with Crippen LogP contribution in [0.3, 0.4) is 0 Å². The zero-order valence-corrected chi connectivity index (χ0v) is 11.4. The van der Waals surface area contributed by atoms with Crippen molar-refractivity contribution in [1.82, 2.24) is 9.80 Å². The van der Waals surface area contributed by atoms with Crippen LogP contribution in [0.15, 0.2) is 11.8 Å². The van der Waals surface area contributed by atoms with Crippen molar-refractivity contribution in [1.29, 1.82) is 0 Å². The summed E-state index contributed by atoms with van der Waals surface area (Å²) in [4.78, 5) is 15.6. The van der Waals surface area contributed by atoms with Gasteiger partial charge in [0.25, 0.3) is 0 Å². The molecule has 0 saturated carbocycles. The summed E-state index contributed by atoms with van der Waals surface area (Å²) in [5.74, 6) is 0.0879. The maximum atomic E-state index is 12.0. The van der Waals surface area contributed by atoms with E-state index in [0.29, 0.717) is 13.1 Å². The molecule has 1 amide bonds. The van der Waals surface area contributed by atoms with Crippen LogP contribution < -0.4 is 0 Å². The molecule has 1 N–H and O–H groups in total. The third-order valence-corrected chi connectivity index (χ3v) is 2.88. The van der Waals surface area contributed by atoms with Crippen molar-refractivity contribution in [2.45, 2.75) is 38.7 Å². The predicted molar refractivity (Wildman–Crippen MR) is 68.5 cm³/mol. The first-order valence-electron chi connectivity index (χ1n) is 6.16. The minimum absolute atomic E-state index is 0.0879. The minimum Gasteiger partial charge on any atom is -0.389 e. The number of amides is 1. The molecule has 0 unspecified atom stereocenters. The van der Waals surface area contributed by atoms with Crippen molar-refractivity contribution in [3.63, 3.8) is 0 Å². The Bertz CT molecular complexity index is 305. The maximum absolute atomic E-state index is 12.0. The van der Waals surface area contributed by atoms with E-state index in [4.69, 9.17) is 0 Å². The molecule has 1 aliphatic rings. The van der Waals surface area contributed by atoms with Crippen LogP contribution in [0.25, 0.3) is 0 Å². The van der Waals surface area contributed by atoms with E-state index in [1.54, 1.807) is 18.7 Å². The number of aliphatic hydroxyl groups is 1. The summed E-state index contributed by atoms with van der Waals surface area (Å²) in [6, 6.07) is 0. The van der Waals surface area contributed by atoms with Gasteiger partial charge >= 0.3 is 0 Å². The average Bonchev–Trinajstić information content (AvgIpc) is 2.65. The Morgan fingerprint density at radius 3 is 2.59 bits per heavy atom. The number of nitrogens with zero attached hydrogens (tertiary/aromatic N) is 2. The lowest BCUT2D eigenvalue weighted by atomic mass is 10.1. The van der Waals surface area contributed by atoms with Crippen LogP contribution in [0, 0.1) is 0 Å². The normalized spacial score (nSPS) is 16.2. The van der Waals surface area contributed by atoms with Crippen LogP contribution in [-0.2, 0) is 4.79 Å². The second-order valence-corrected chi connectivity index (χ2v) is 5.53. The molecule has 17 heavy (non-hydrogen) atoms. The Balaban J connectivity index is 2.43. The van der Waals surface area contributed by atoms with E-state index in [2.05, 4.69) is 6.08 Å². The first kappa shape index (κ1) is 14.2. The number of hydrogen-bond acceptors (Lipinski definition) is 3. The molecule has 0 bridgehead atoms. The topological polar surface area (TPSA) is 43.8 Å². The average molecular weight is 240 g/mol. The summed E-state index contributed by atoms with van der Waals surface area (Å²) in [6.07, 6.45) is 5.35. The highest BCUT2D eigenvalue weighted by Crippen LogP contribution is 2.20. The predicted octanol–water partition coefficient (Wildman–Crippen LogP) is 1.22. The summed E-state index contributed by atoms with van der Waals surface area (Å²) in [5.41, 5.74) is 0.368. The van der Waals surface area contributed by atoms with Gasteiger partial charge in [-0.3, -0.25) is 9.69 Å². The molecule has 0 aromatic carbocycles. The van der Waals surface area contributed by atoms with E-state index in [1.807, 2.05) is 19.0 Å². The molecule has 4 heteroatoms. The molecular weight excluding hydrogens is 216 g/mol. The summed E-state index contributed by atoms with van der Waals surface area (Å²) in [7, 11) is 3.68. The van der Waals surface area contributed by atoms with Gasteiger partial charge in [-0.2, -0.15) is 0 Å². The second kappa shape index (κ2) is 5.65. The molecule has 98 valence electrons. The Kier molecular flexibility index (Phi) is 4.71. The van der Waals surface area contributed by atoms with Gasteiger partial charge in [0, 0.05) is 19.3 Å². The standard InChI is InChI=1S/C13H24N2O2/c1-13(2,17)10-14(3)9-12(16)15(4)11-7-5-6-8-11/h7,17H,5-6,8-10H2,1-4H3. The van der Waals surface area contributed by atoms with Crippen molar-refractivity contribution in [3.8, 4) is 0 Å². The summed E-state index contributed by atoms with van der Waals surface area (Å²) in [5, 5.41) is 9.67. The molecular formula is C13H24N2O2.